The number of aryl methyl sites for hydroxylation is 1. The fourth-order valence-electron chi connectivity index (χ4n) is 3.07. The fraction of sp³-hybridized carbons (Fsp3) is 0.533. The molecule has 2 aromatic heterocycles. The summed E-state index contributed by atoms with van der Waals surface area (Å²) in [6.45, 7) is 3.77. The minimum absolute atomic E-state index is 0.0756. The van der Waals surface area contributed by atoms with Crippen LogP contribution in [-0.2, 0) is 11.3 Å². The zero-order chi connectivity index (χ0) is 15.7. The molecule has 2 aromatic rings. The molecule has 2 N–H and O–H groups in total. The van der Waals surface area contributed by atoms with E-state index in [4.69, 9.17) is 5.73 Å². The highest BCUT2D eigenvalue weighted by molar-refractivity contribution is 7.16. The van der Waals surface area contributed by atoms with Gasteiger partial charge in [0, 0.05) is 25.6 Å². The molecule has 3 rings (SSSR count). The minimum atomic E-state index is -0.0756. The molecule has 0 aliphatic carbocycles. The first-order chi connectivity index (χ1) is 10.6. The van der Waals surface area contributed by atoms with Gasteiger partial charge in [0.25, 0.3) is 5.56 Å². The number of thiophene rings is 1. The third kappa shape index (κ3) is 2.78. The van der Waals surface area contributed by atoms with E-state index in [1.54, 1.807) is 6.07 Å². The van der Waals surface area contributed by atoms with Gasteiger partial charge in [-0.2, -0.15) is 0 Å². The van der Waals surface area contributed by atoms with Gasteiger partial charge >= 0.3 is 0 Å². The molecule has 1 saturated heterocycles. The lowest BCUT2D eigenvalue weighted by Gasteiger charge is -2.21. The van der Waals surface area contributed by atoms with E-state index >= 15 is 0 Å². The summed E-state index contributed by atoms with van der Waals surface area (Å²) in [6, 6.07) is 2.01. The molecule has 1 aliphatic heterocycles. The number of carbonyl (C=O) groups excluding carboxylic acids is 1. The maximum atomic E-state index is 12.4. The number of amides is 1. The summed E-state index contributed by atoms with van der Waals surface area (Å²) in [6.07, 6.45) is 2.81. The Morgan fingerprint density at radius 2 is 2.36 bits per heavy atom. The average molecular weight is 320 g/mol. The Balaban J connectivity index is 1.67. The monoisotopic (exact) mass is 320 g/mol. The number of nitrogens with two attached hydrogens (primary N) is 1. The number of fused-ring (bicyclic) bond motifs is 1. The molecule has 118 valence electrons. The summed E-state index contributed by atoms with van der Waals surface area (Å²) in [7, 11) is 0. The molecule has 0 aromatic carbocycles. The Morgan fingerprint density at radius 3 is 3.09 bits per heavy atom. The van der Waals surface area contributed by atoms with Crippen LogP contribution in [0.1, 0.15) is 19.8 Å². The van der Waals surface area contributed by atoms with Gasteiger partial charge in [-0.05, 0) is 37.3 Å². The Morgan fingerprint density at radius 1 is 1.55 bits per heavy atom. The molecule has 0 radical (unpaired) electrons. The number of likely N-dealkylation sites (tertiary alicyclic amines) is 1. The number of hydrogen-bond acceptors (Lipinski definition) is 5. The first-order valence-electron chi connectivity index (χ1n) is 7.52. The van der Waals surface area contributed by atoms with Crippen LogP contribution in [0.5, 0.6) is 0 Å². The number of aromatic nitrogens is 2. The van der Waals surface area contributed by atoms with Crippen molar-refractivity contribution < 1.29 is 4.79 Å². The lowest BCUT2D eigenvalue weighted by atomic mass is 10.1. The van der Waals surface area contributed by atoms with E-state index in [0.717, 1.165) is 17.8 Å². The van der Waals surface area contributed by atoms with E-state index < -0.39 is 0 Å². The van der Waals surface area contributed by atoms with Crippen LogP contribution in [0.15, 0.2) is 22.6 Å². The molecule has 22 heavy (non-hydrogen) atoms. The second-order valence-corrected chi connectivity index (χ2v) is 6.76. The van der Waals surface area contributed by atoms with Gasteiger partial charge in [-0.1, -0.05) is 0 Å². The normalized spacial score (nSPS) is 21.6. The van der Waals surface area contributed by atoms with Crippen molar-refractivity contribution in [2.75, 3.05) is 13.1 Å². The van der Waals surface area contributed by atoms with Gasteiger partial charge < -0.3 is 10.6 Å². The first kappa shape index (κ1) is 15.2. The van der Waals surface area contributed by atoms with Crippen molar-refractivity contribution in [2.45, 2.75) is 32.4 Å². The Kier molecular flexibility index (Phi) is 4.26. The summed E-state index contributed by atoms with van der Waals surface area (Å²) < 4.78 is 1.52. The van der Waals surface area contributed by atoms with E-state index in [2.05, 4.69) is 11.9 Å². The third-order valence-electron chi connectivity index (χ3n) is 4.33. The molecule has 3 heterocycles. The molecule has 0 bridgehead atoms. The first-order valence-corrected chi connectivity index (χ1v) is 8.40. The van der Waals surface area contributed by atoms with Gasteiger partial charge in [-0.15, -0.1) is 11.3 Å². The van der Waals surface area contributed by atoms with Gasteiger partial charge in [0.1, 0.15) is 4.83 Å². The van der Waals surface area contributed by atoms with Crippen LogP contribution >= 0.6 is 11.3 Å². The van der Waals surface area contributed by atoms with Crippen LogP contribution in [0.25, 0.3) is 10.2 Å². The van der Waals surface area contributed by atoms with E-state index in [1.165, 1.54) is 22.2 Å². The van der Waals surface area contributed by atoms with Crippen molar-refractivity contribution >= 4 is 27.5 Å². The van der Waals surface area contributed by atoms with Crippen LogP contribution in [0.2, 0.25) is 0 Å². The number of hydrogen-bond donors (Lipinski definition) is 1. The van der Waals surface area contributed by atoms with Crippen molar-refractivity contribution in [1.29, 1.82) is 0 Å². The lowest BCUT2D eigenvalue weighted by Crippen LogP contribution is -2.35. The highest BCUT2D eigenvalue weighted by Crippen LogP contribution is 2.22. The van der Waals surface area contributed by atoms with Gasteiger partial charge in [0.2, 0.25) is 5.91 Å². The maximum Gasteiger partial charge on any atom is 0.262 e. The quantitative estimate of drug-likeness (QED) is 0.913. The van der Waals surface area contributed by atoms with Crippen molar-refractivity contribution in [3.05, 3.63) is 28.1 Å². The van der Waals surface area contributed by atoms with Crippen LogP contribution in [0, 0.1) is 5.92 Å². The van der Waals surface area contributed by atoms with E-state index in [0.29, 0.717) is 30.8 Å². The summed E-state index contributed by atoms with van der Waals surface area (Å²) in [5, 5.41) is 2.48. The Hall–Kier alpha value is -1.73. The summed E-state index contributed by atoms with van der Waals surface area (Å²) in [5.74, 6) is 0.478. The zero-order valence-electron chi connectivity index (χ0n) is 12.6. The average Bonchev–Trinajstić information content (AvgIpc) is 3.13. The molecular formula is C15H20N4O2S. The molecule has 1 aliphatic rings. The molecule has 0 spiro atoms. The molecule has 0 saturated carbocycles. The standard InChI is InChI=1S/C15H20N4O2S/c1-10-6-11(7-16)8-19(10)13(20)2-4-18-9-17-14-12(15(18)21)3-5-22-14/h3,5,9-11H,2,4,6-8,16H2,1H3. The van der Waals surface area contributed by atoms with Gasteiger partial charge in [0.05, 0.1) is 11.7 Å². The summed E-state index contributed by atoms with van der Waals surface area (Å²) in [4.78, 5) is 31.5. The molecular weight excluding hydrogens is 300 g/mol. The summed E-state index contributed by atoms with van der Waals surface area (Å²) >= 11 is 1.45. The largest absolute Gasteiger partial charge is 0.340 e. The lowest BCUT2D eigenvalue weighted by molar-refractivity contribution is -0.132. The molecule has 6 nitrogen and oxygen atoms in total. The highest BCUT2D eigenvalue weighted by atomic mass is 32.1. The number of rotatable bonds is 4. The fourth-order valence-corrected chi connectivity index (χ4v) is 3.80. The third-order valence-corrected chi connectivity index (χ3v) is 5.15. The predicted octanol–water partition coefficient (Wildman–Crippen LogP) is 1.04. The van der Waals surface area contributed by atoms with Crippen molar-refractivity contribution in [2.24, 2.45) is 11.7 Å². The second kappa shape index (κ2) is 6.18. The minimum Gasteiger partial charge on any atom is -0.340 e. The SMILES string of the molecule is CC1CC(CN)CN1C(=O)CCn1cnc2sccc2c1=O. The summed E-state index contributed by atoms with van der Waals surface area (Å²) in [5.41, 5.74) is 5.62. The van der Waals surface area contributed by atoms with E-state index in [-0.39, 0.29) is 17.5 Å². The molecule has 7 heteroatoms. The van der Waals surface area contributed by atoms with Gasteiger partial charge in [0.15, 0.2) is 0 Å². The number of nitrogens with zero attached hydrogens (tertiary/aromatic N) is 3. The van der Waals surface area contributed by atoms with E-state index in [9.17, 15) is 9.59 Å². The van der Waals surface area contributed by atoms with E-state index in [1.807, 2.05) is 10.3 Å². The van der Waals surface area contributed by atoms with Crippen LogP contribution in [0.4, 0.5) is 0 Å². The van der Waals surface area contributed by atoms with Crippen molar-refractivity contribution in [1.82, 2.24) is 14.5 Å². The zero-order valence-corrected chi connectivity index (χ0v) is 13.4. The predicted molar refractivity (Wildman–Crippen MR) is 86.8 cm³/mol. The van der Waals surface area contributed by atoms with Gasteiger partial charge in [-0.3, -0.25) is 14.2 Å². The number of carbonyl (C=O) groups is 1. The van der Waals surface area contributed by atoms with Crippen molar-refractivity contribution in [3.63, 3.8) is 0 Å². The Bertz CT molecular complexity index is 738. The van der Waals surface area contributed by atoms with Crippen LogP contribution in [-0.4, -0.2) is 39.5 Å². The molecule has 2 atom stereocenters. The second-order valence-electron chi connectivity index (χ2n) is 5.87. The molecule has 1 amide bonds. The van der Waals surface area contributed by atoms with Crippen molar-refractivity contribution in [3.8, 4) is 0 Å². The molecule has 1 fully saturated rings. The Labute approximate surface area is 132 Å². The molecule has 2 unspecified atom stereocenters. The smallest absolute Gasteiger partial charge is 0.262 e. The topological polar surface area (TPSA) is 81.2 Å². The van der Waals surface area contributed by atoms with Gasteiger partial charge in [-0.25, -0.2) is 4.98 Å². The highest BCUT2D eigenvalue weighted by Gasteiger charge is 2.31. The van der Waals surface area contributed by atoms with Crippen LogP contribution in [0.3, 0.4) is 0 Å². The van der Waals surface area contributed by atoms with Crippen LogP contribution < -0.4 is 11.3 Å². The maximum absolute atomic E-state index is 12.4.